The second-order valence-corrected chi connectivity index (χ2v) is 6.95. The van der Waals surface area contributed by atoms with E-state index in [1.807, 2.05) is 31.2 Å². The number of hydrogen-bond donors (Lipinski definition) is 1. The van der Waals surface area contributed by atoms with Gasteiger partial charge in [-0.1, -0.05) is 30.3 Å². The summed E-state index contributed by atoms with van der Waals surface area (Å²) >= 11 is 0. The van der Waals surface area contributed by atoms with E-state index in [9.17, 15) is 13.2 Å². The number of rotatable bonds is 5. The van der Waals surface area contributed by atoms with Crippen LogP contribution in [-0.4, -0.2) is 14.2 Å². The van der Waals surface area contributed by atoms with Crippen LogP contribution in [0.1, 0.15) is 34.0 Å². The lowest BCUT2D eigenvalue weighted by molar-refractivity contribution is 0.101. The van der Waals surface area contributed by atoms with E-state index in [1.54, 1.807) is 12.1 Å². The molecule has 0 aliphatic rings. The van der Waals surface area contributed by atoms with Crippen LogP contribution in [0.2, 0.25) is 0 Å². The summed E-state index contributed by atoms with van der Waals surface area (Å²) in [5, 5.41) is 5.17. The van der Waals surface area contributed by atoms with Gasteiger partial charge in [0.1, 0.15) is 0 Å². The third kappa shape index (κ3) is 4.02. The molecule has 0 aromatic heterocycles. The summed E-state index contributed by atoms with van der Waals surface area (Å²) < 4.78 is 22.8. The van der Waals surface area contributed by atoms with E-state index in [2.05, 4.69) is 0 Å². The zero-order valence-electron chi connectivity index (χ0n) is 12.7. The summed E-state index contributed by atoms with van der Waals surface area (Å²) in [5.41, 5.74) is 3.79. The third-order valence-corrected chi connectivity index (χ3v) is 4.60. The highest BCUT2D eigenvalue weighted by Gasteiger charge is 2.10. The fourth-order valence-corrected chi connectivity index (χ4v) is 2.84. The molecule has 0 radical (unpaired) electrons. The molecule has 2 aromatic carbocycles. The number of Topliss-reactive ketones (excluding diaryl/α,β-unsaturated/α-hetero) is 1. The average molecular weight is 317 g/mol. The maximum absolute atomic E-state index is 11.4. The predicted octanol–water partition coefficient (Wildman–Crippen LogP) is 2.63. The van der Waals surface area contributed by atoms with Gasteiger partial charge in [0.05, 0.1) is 4.90 Å². The van der Waals surface area contributed by atoms with Crippen LogP contribution in [0.4, 0.5) is 0 Å². The third-order valence-electron chi connectivity index (χ3n) is 3.69. The summed E-state index contributed by atoms with van der Waals surface area (Å²) in [4.78, 5) is 11.4. The Labute approximate surface area is 131 Å². The van der Waals surface area contributed by atoms with Crippen molar-refractivity contribution >= 4 is 15.8 Å². The molecule has 2 aromatic rings. The van der Waals surface area contributed by atoms with Gasteiger partial charge < -0.3 is 0 Å². The van der Waals surface area contributed by atoms with Crippen molar-refractivity contribution in [2.75, 3.05) is 0 Å². The quantitative estimate of drug-likeness (QED) is 0.861. The topological polar surface area (TPSA) is 77.2 Å². The number of carbonyl (C=O) groups excluding carboxylic acids is 1. The van der Waals surface area contributed by atoms with Crippen molar-refractivity contribution < 1.29 is 13.2 Å². The molecule has 4 nitrogen and oxygen atoms in total. The number of primary sulfonamides is 1. The molecule has 5 heteroatoms. The number of nitrogens with two attached hydrogens (primary N) is 1. The Morgan fingerprint density at radius 2 is 1.68 bits per heavy atom. The molecule has 0 spiro atoms. The predicted molar refractivity (Wildman–Crippen MR) is 86.4 cm³/mol. The van der Waals surface area contributed by atoms with Crippen LogP contribution in [0.5, 0.6) is 0 Å². The zero-order chi connectivity index (χ0) is 16.3. The molecule has 2 N–H and O–H groups in total. The van der Waals surface area contributed by atoms with Crippen LogP contribution < -0.4 is 5.14 Å². The van der Waals surface area contributed by atoms with E-state index < -0.39 is 10.0 Å². The number of benzene rings is 2. The Bertz CT molecular complexity index is 793. The number of aryl methyl sites for hydroxylation is 3. The molecule has 2 rings (SSSR count). The summed E-state index contributed by atoms with van der Waals surface area (Å²) in [6.45, 7) is 3.48. The Kier molecular flexibility index (Phi) is 4.78. The molecule has 0 saturated heterocycles. The minimum absolute atomic E-state index is 0.0447. The number of carbonyl (C=O) groups is 1. The highest BCUT2D eigenvalue weighted by Crippen LogP contribution is 2.17. The number of ketones is 1. The van der Waals surface area contributed by atoms with Gasteiger partial charge in [-0.2, -0.15) is 0 Å². The molecule has 22 heavy (non-hydrogen) atoms. The highest BCUT2D eigenvalue weighted by atomic mass is 32.2. The van der Waals surface area contributed by atoms with Crippen molar-refractivity contribution in [3.63, 3.8) is 0 Å². The van der Waals surface area contributed by atoms with Crippen molar-refractivity contribution in [2.24, 2.45) is 5.14 Å². The van der Waals surface area contributed by atoms with Gasteiger partial charge in [-0.25, -0.2) is 13.6 Å². The van der Waals surface area contributed by atoms with Crippen molar-refractivity contribution in [3.05, 3.63) is 64.7 Å². The van der Waals surface area contributed by atoms with Gasteiger partial charge in [-0.15, -0.1) is 0 Å². The van der Waals surface area contributed by atoms with E-state index in [0.717, 1.165) is 23.1 Å². The van der Waals surface area contributed by atoms with E-state index >= 15 is 0 Å². The number of hydrogen-bond acceptors (Lipinski definition) is 3. The van der Waals surface area contributed by atoms with Crippen molar-refractivity contribution in [3.8, 4) is 0 Å². The van der Waals surface area contributed by atoms with Crippen molar-refractivity contribution in [1.82, 2.24) is 0 Å². The zero-order valence-corrected chi connectivity index (χ0v) is 13.5. The first-order valence-electron chi connectivity index (χ1n) is 6.99. The van der Waals surface area contributed by atoms with Gasteiger partial charge in [-0.05, 0) is 55.5 Å². The van der Waals surface area contributed by atoms with Crippen LogP contribution >= 0.6 is 0 Å². The van der Waals surface area contributed by atoms with Crippen LogP contribution in [0.3, 0.4) is 0 Å². The molecule has 0 bridgehead atoms. The minimum Gasteiger partial charge on any atom is -0.295 e. The fourth-order valence-electron chi connectivity index (χ4n) is 2.28. The highest BCUT2D eigenvalue weighted by molar-refractivity contribution is 7.89. The Morgan fingerprint density at radius 3 is 2.23 bits per heavy atom. The molecular weight excluding hydrogens is 298 g/mol. The van der Waals surface area contributed by atoms with E-state index in [1.165, 1.54) is 13.0 Å². The summed E-state index contributed by atoms with van der Waals surface area (Å²) in [6, 6.07) is 12.4. The first-order valence-corrected chi connectivity index (χ1v) is 8.54. The molecule has 0 atom stereocenters. The molecule has 116 valence electrons. The largest absolute Gasteiger partial charge is 0.295 e. The van der Waals surface area contributed by atoms with Crippen molar-refractivity contribution in [2.45, 2.75) is 31.6 Å². The number of sulfonamides is 1. The second kappa shape index (κ2) is 6.42. The maximum Gasteiger partial charge on any atom is 0.238 e. The minimum atomic E-state index is -3.68. The Balaban J connectivity index is 2.16. The first-order chi connectivity index (χ1) is 10.3. The molecule has 0 heterocycles. The molecule has 0 aliphatic heterocycles. The van der Waals surface area contributed by atoms with E-state index in [-0.39, 0.29) is 10.7 Å². The lowest BCUT2D eigenvalue weighted by Crippen LogP contribution is -2.12. The smallest absolute Gasteiger partial charge is 0.238 e. The van der Waals surface area contributed by atoms with E-state index in [0.29, 0.717) is 12.0 Å². The average Bonchev–Trinajstić information content (AvgIpc) is 2.45. The van der Waals surface area contributed by atoms with Crippen LogP contribution in [-0.2, 0) is 22.9 Å². The second-order valence-electron chi connectivity index (χ2n) is 5.39. The standard InChI is InChI=1S/C17H19NO3S/c1-12-3-10-17(22(18,20)21)11-16(12)9-6-14-4-7-15(8-5-14)13(2)19/h3-5,7-8,10-11H,6,9H2,1-2H3,(H2,18,20,21). The molecule has 0 fully saturated rings. The van der Waals surface area contributed by atoms with Gasteiger partial charge in [0.2, 0.25) is 10.0 Å². The van der Waals surface area contributed by atoms with E-state index in [4.69, 9.17) is 5.14 Å². The van der Waals surface area contributed by atoms with Gasteiger partial charge in [0, 0.05) is 5.56 Å². The SMILES string of the molecule is CC(=O)c1ccc(CCc2cc(S(N)(=O)=O)ccc2C)cc1. The maximum atomic E-state index is 11.4. The molecule has 0 saturated carbocycles. The lowest BCUT2D eigenvalue weighted by atomic mass is 9.99. The van der Waals surface area contributed by atoms with Gasteiger partial charge in [0.15, 0.2) is 5.78 Å². The first kappa shape index (κ1) is 16.4. The molecular formula is C17H19NO3S. The normalized spacial score (nSPS) is 11.4. The molecule has 0 aliphatic carbocycles. The Hall–Kier alpha value is -1.98. The fraction of sp³-hybridized carbons (Fsp3) is 0.235. The van der Waals surface area contributed by atoms with Crippen molar-refractivity contribution in [1.29, 1.82) is 0 Å². The van der Waals surface area contributed by atoms with Gasteiger partial charge in [0.25, 0.3) is 0 Å². The van der Waals surface area contributed by atoms with Gasteiger partial charge >= 0.3 is 0 Å². The monoisotopic (exact) mass is 317 g/mol. The van der Waals surface area contributed by atoms with Gasteiger partial charge in [-0.3, -0.25) is 4.79 Å². The molecule has 0 amide bonds. The summed E-state index contributed by atoms with van der Waals surface area (Å²) in [5.74, 6) is 0.0447. The van der Waals surface area contributed by atoms with Crippen LogP contribution in [0.25, 0.3) is 0 Å². The summed E-state index contributed by atoms with van der Waals surface area (Å²) in [6.07, 6.45) is 1.49. The summed E-state index contributed by atoms with van der Waals surface area (Å²) in [7, 11) is -3.68. The Morgan fingerprint density at radius 1 is 1.05 bits per heavy atom. The lowest BCUT2D eigenvalue weighted by Gasteiger charge is -2.08. The van der Waals surface area contributed by atoms with Crippen LogP contribution in [0, 0.1) is 6.92 Å². The molecule has 0 unspecified atom stereocenters. The van der Waals surface area contributed by atoms with Crippen LogP contribution in [0.15, 0.2) is 47.4 Å².